The molecule has 0 saturated carbocycles. The topological polar surface area (TPSA) is 158 Å². The lowest BCUT2D eigenvalue weighted by molar-refractivity contribution is -0.136. The molecule has 4 amide bonds. The number of hydrogen-bond acceptors (Lipinski definition) is 7. The van der Waals surface area contributed by atoms with E-state index in [9.17, 15) is 19.2 Å². The van der Waals surface area contributed by atoms with Crippen molar-refractivity contribution in [2.75, 3.05) is 32.1 Å². The fourth-order valence-electron chi connectivity index (χ4n) is 3.73. The van der Waals surface area contributed by atoms with Crippen molar-refractivity contribution in [2.45, 2.75) is 59.3 Å². The number of amides is 4. The zero-order valence-corrected chi connectivity index (χ0v) is 24.7. The second-order valence-electron chi connectivity index (χ2n) is 8.80. The zero-order chi connectivity index (χ0) is 29.4. The molecule has 0 spiro atoms. The van der Waals surface area contributed by atoms with Gasteiger partial charge < -0.3 is 26.4 Å². The van der Waals surface area contributed by atoms with Crippen molar-refractivity contribution in [3.8, 4) is 0 Å². The molecular formula is C27H40ClN5O5S. The quantitative estimate of drug-likeness (QED) is 0.466. The number of primary amides is 2. The number of fused-ring (bicyclic) bond motifs is 1. The Bertz CT molecular complexity index is 1070. The zero-order valence-electron chi connectivity index (χ0n) is 23.1. The number of benzene rings is 1. The molecule has 10 nitrogen and oxygen atoms in total. The molecule has 2 aliphatic rings. The van der Waals surface area contributed by atoms with Gasteiger partial charge in [-0.15, -0.1) is 11.3 Å². The number of carbonyl (C=O) groups is 4. The Labute approximate surface area is 239 Å². The van der Waals surface area contributed by atoms with Crippen LogP contribution in [0.4, 0.5) is 5.69 Å². The summed E-state index contributed by atoms with van der Waals surface area (Å²) in [5.74, 6) is -1.41. The third-order valence-electron chi connectivity index (χ3n) is 5.70. The Balaban J connectivity index is 0.000000284. The number of methoxy groups -OCH3 is 1. The van der Waals surface area contributed by atoms with E-state index in [0.29, 0.717) is 21.6 Å². The highest BCUT2D eigenvalue weighted by Crippen LogP contribution is 2.29. The van der Waals surface area contributed by atoms with Crippen molar-refractivity contribution in [3.63, 3.8) is 0 Å². The maximum atomic E-state index is 11.2. The summed E-state index contributed by atoms with van der Waals surface area (Å²) in [4.78, 5) is 50.6. The first-order valence-corrected chi connectivity index (χ1v) is 14.2. The minimum atomic E-state index is -1.02. The molecule has 0 bridgehead atoms. The van der Waals surface area contributed by atoms with Gasteiger partial charge in [-0.25, -0.2) is 4.98 Å². The summed E-state index contributed by atoms with van der Waals surface area (Å²) in [6.07, 6.45) is 6.79. The van der Waals surface area contributed by atoms with Gasteiger partial charge >= 0.3 is 11.8 Å². The average Bonchev–Trinajstić information content (AvgIpc) is 3.36. The lowest BCUT2D eigenvalue weighted by Crippen LogP contribution is -2.37. The predicted molar refractivity (Wildman–Crippen MR) is 155 cm³/mol. The minimum Gasteiger partial charge on any atom is -0.375 e. The van der Waals surface area contributed by atoms with E-state index in [1.54, 1.807) is 31.4 Å². The first-order chi connectivity index (χ1) is 18.6. The van der Waals surface area contributed by atoms with Crippen LogP contribution in [0.5, 0.6) is 0 Å². The van der Waals surface area contributed by atoms with E-state index in [2.05, 4.69) is 17.2 Å². The number of halogens is 1. The Kier molecular flexibility index (Phi) is 16.0. The number of piperidine rings is 1. The predicted octanol–water partition coefficient (Wildman–Crippen LogP) is 3.80. The number of aryl methyl sites for hydroxylation is 1. The maximum absolute atomic E-state index is 11.2. The van der Waals surface area contributed by atoms with Gasteiger partial charge in [0.05, 0.1) is 5.69 Å². The Morgan fingerprint density at radius 1 is 1.10 bits per heavy atom. The molecule has 1 aliphatic heterocycles. The fraction of sp³-hybridized carbons (Fsp3) is 0.519. The Morgan fingerprint density at radius 3 is 2.26 bits per heavy atom. The summed E-state index contributed by atoms with van der Waals surface area (Å²) in [6.45, 7) is 8.30. The van der Waals surface area contributed by atoms with E-state index in [1.807, 2.05) is 18.7 Å². The molecule has 1 saturated heterocycles. The number of ether oxygens (including phenoxy) is 1. The van der Waals surface area contributed by atoms with Crippen LogP contribution in [-0.4, -0.2) is 60.3 Å². The summed E-state index contributed by atoms with van der Waals surface area (Å²) in [7, 11) is 1.56. The van der Waals surface area contributed by atoms with Crippen molar-refractivity contribution in [2.24, 2.45) is 17.4 Å². The lowest BCUT2D eigenvalue weighted by Gasteiger charge is -2.26. The number of anilines is 1. The molecule has 1 aromatic carbocycles. The molecule has 4 rings (SSSR count). The number of nitrogens with zero attached hydrogens (tertiary/aromatic N) is 2. The molecule has 216 valence electrons. The van der Waals surface area contributed by atoms with E-state index < -0.39 is 17.7 Å². The second kappa shape index (κ2) is 18.3. The van der Waals surface area contributed by atoms with E-state index in [4.69, 9.17) is 27.8 Å². The molecule has 0 radical (unpaired) electrons. The molecular weight excluding hydrogens is 542 g/mol. The molecule has 1 atom stereocenters. The maximum Gasteiger partial charge on any atom is 0.313 e. The number of thiazole rings is 1. The van der Waals surface area contributed by atoms with Gasteiger partial charge in [0, 0.05) is 35.8 Å². The number of nitrogens with two attached hydrogens (primary N) is 2. The van der Waals surface area contributed by atoms with Crippen LogP contribution in [0, 0.1) is 5.92 Å². The van der Waals surface area contributed by atoms with Gasteiger partial charge in [0.25, 0.3) is 5.91 Å². The van der Waals surface area contributed by atoms with Gasteiger partial charge in [-0.2, -0.15) is 0 Å². The largest absolute Gasteiger partial charge is 0.375 e. The van der Waals surface area contributed by atoms with Crippen LogP contribution >= 0.6 is 22.9 Å². The Hall–Kier alpha value is -3.02. The number of aromatic nitrogens is 1. The number of rotatable bonds is 4. The summed E-state index contributed by atoms with van der Waals surface area (Å²) in [5.41, 5.74) is 11.5. The molecule has 2 heterocycles. The van der Waals surface area contributed by atoms with Gasteiger partial charge in [0.1, 0.15) is 6.61 Å². The summed E-state index contributed by atoms with van der Waals surface area (Å²) < 4.78 is 4.77. The number of nitrogens with one attached hydrogen (secondary N) is 1. The molecule has 12 heteroatoms. The number of likely N-dealkylation sites (tertiary alicyclic amines) is 1. The summed E-state index contributed by atoms with van der Waals surface area (Å²) >= 11 is 7.07. The first-order valence-electron chi connectivity index (χ1n) is 13.0. The van der Waals surface area contributed by atoms with Crippen molar-refractivity contribution in [1.29, 1.82) is 0 Å². The molecule has 1 aliphatic carbocycles. The van der Waals surface area contributed by atoms with Crippen LogP contribution < -0.4 is 16.8 Å². The smallest absolute Gasteiger partial charge is 0.313 e. The normalized spacial score (nSPS) is 15.5. The van der Waals surface area contributed by atoms with Crippen LogP contribution in [-0.2, 0) is 32.0 Å². The van der Waals surface area contributed by atoms with E-state index >= 15 is 0 Å². The molecule has 1 unspecified atom stereocenters. The highest BCUT2D eigenvalue weighted by Gasteiger charge is 2.21. The third-order valence-corrected chi connectivity index (χ3v) is 7.09. The van der Waals surface area contributed by atoms with Crippen LogP contribution in [0.3, 0.4) is 0 Å². The highest BCUT2D eigenvalue weighted by molar-refractivity contribution is 7.13. The SMILES string of the molecule is CC.CC1CCc2nc(C(N)=O)sc2C1.COCC(=O)N1CCCCC1.NC(=O)C(=O)Nc1ccc(Cl)cc1. The fourth-order valence-corrected chi connectivity index (χ4v) is 4.98. The van der Waals surface area contributed by atoms with Gasteiger partial charge in [0.15, 0.2) is 5.01 Å². The first kappa shape index (κ1) is 34.0. The molecule has 2 aromatic rings. The monoisotopic (exact) mass is 581 g/mol. The molecule has 39 heavy (non-hydrogen) atoms. The summed E-state index contributed by atoms with van der Waals surface area (Å²) in [6, 6.07) is 6.34. The van der Waals surface area contributed by atoms with E-state index in [1.165, 1.54) is 29.1 Å². The van der Waals surface area contributed by atoms with Crippen molar-refractivity contribution >= 4 is 52.3 Å². The molecule has 1 aromatic heterocycles. The van der Waals surface area contributed by atoms with Gasteiger partial charge in [-0.1, -0.05) is 32.4 Å². The number of hydrogen-bond donors (Lipinski definition) is 3. The van der Waals surface area contributed by atoms with Crippen molar-refractivity contribution in [3.05, 3.63) is 44.9 Å². The highest BCUT2D eigenvalue weighted by atomic mass is 35.5. The van der Waals surface area contributed by atoms with Crippen LogP contribution in [0.1, 0.15) is 66.8 Å². The van der Waals surface area contributed by atoms with Gasteiger partial charge in [-0.05, 0) is 68.7 Å². The van der Waals surface area contributed by atoms with E-state index in [0.717, 1.165) is 44.5 Å². The van der Waals surface area contributed by atoms with Gasteiger partial charge in [0.2, 0.25) is 5.91 Å². The second-order valence-corrected chi connectivity index (χ2v) is 10.3. The standard InChI is InChI=1S/C9H12N2OS.C8H7ClN2O2.C8H15NO2.C2H6/c1-5-2-3-6-7(4-5)13-9(11-6)8(10)12;9-5-1-3-6(4-2-5)11-8(13)7(10)12;1-11-7-8(10)9-5-3-2-4-6-9;1-2/h5H,2-4H2,1H3,(H2,10,12);1-4H,(H2,10,12)(H,11,13);2-7H2,1H3;1-2H3. The van der Waals surface area contributed by atoms with Crippen LogP contribution in [0.2, 0.25) is 5.02 Å². The molecule has 1 fully saturated rings. The van der Waals surface area contributed by atoms with Crippen molar-refractivity contribution in [1.82, 2.24) is 9.88 Å². The minimum absolute atomic E-state index is 0.132. The number of carbonyl (C=O) groups excluding carboxylic acids is 4. The van der Waals surface area contributed by atoms with Gasteiger partial charge in [-0.3, -0.25) is 19.2 Å². The molecule has 5 N–H and O–H groups in total. The average molecular weight is 582 g/mol. The lowest BCUT2D eigenvalue weighted by atomic mass is 9.93. The van der Waals surface area contributed by atoms with Crippen LogP contribution in [0.25, 0.3) is 0 Å². The third kappa shape index (κ3) is 12.6. The Morgan fingerprint density at radius 2 is 1.72 bits per heavy atom. The van der Waals surface area contributed by atoms with Crippen LogP contribution in [0.15, 0.2) is 24.3 Å². The van der Waals surface area contributed by atoms with Crippen molar-refractivity contribution < 1.29 is 23.9 Å². The van der Waals surface area contributed by atoms with E-state index in [-0.39, 0.29) is 12.5 Å². The summed E-state index contributed by atoms with van der Waals surface area (Å²) in [5, 5.41) is 3.32.